The second-order valence-electron chi connectivity index (χ2n) is 4.57. The molecule has 0 saturated carbocycles. The summed E-state index contributed by atoms with van der Waals surface area (Å²) in [5.74, 6) is -1.86. The summed E-state index contributed by atoms with van der Waals surface area (Å²) in [5, 5.41) is 2.46. The lowest BCUT2D eigenvalue weighted by Gasteiger charge is -2.07. The first-order chi connectivity index (χ1) is 10.1. The van der Waals surface area contributed by atoms with Crippen LogP contribution in [0.3, 0.4) is 0 Å². The van der Waals surface area contributed by atoms with Crippen LogP contribution in [0.5, 0.6) is 0 Å². The van der Waals surface area contributed by atoms with E-state index in [9.17, 15) is 13.6 Å². The molecule has 21 heavy (non-hydrogen) atoms. The number of para-hydroxylation sites is 2. The van der Waals surface area contributed by atoms with Crippen LogP contribution >= 0.6 is 0 Å². The van der Waals surface area contributed by atoms with Gasteiger partial charge in [0.1, 0.15) is 18.2 Å². The monoisotopic (exact) mass is 287 g/mol. The summed E-state index contributed by atoms with van der Waals surface area (Å²) in [4.78, 5) is 16.1. The number of benzene rings is 2. The molecule has 0 saturated heterocycles. The van der Waals surface area contributed by atoms with E-state index >= 15 is 0 Å². The molecular formula is C15H11F2N3O. The van der Waals surface area contributed by atoms with E-state index in [1.165, 1.54) is 0 Å². The van der Waals surface area contributed by atoms with Crippen LogP contribution < -0.4 is 5.32 Å². The van der Waals surface area contributed by atoms with Crippen LogP contribution in [-0.2, 0) is 11.3 Å². The molecule has 0 radical (unpaired) electrons. The molecule has 1 amide bonds. The lowest BCUT2D eigenvalue weighted by Crippen LogP contribution is -2.18. The predicted molar refractivity (Wildman–Crippen MR) is 74.7 cm³/mol. The van der Waals surface area contributed by atoms with Crippen molar-refractivity contribution >= 4 is 22.6 Å². The average molecular weight is 287 g/mol. The van der Waals surface area contributed by atoms with Gasteiger partial charge in [-0.05, 0) is 24.3 Å². The topological polar surface area (TPSA) is 46.9 Å². The van der Waals surface area contributed by atoms with Crippen LogP contribution in [0.15, 0.2) is 48.8 Å². The maximum Gasteiger partial charge on any atom is 0.244 e. The summed E-state index contributed by atoms with van der Waals surface area (Å²) < 4.78 is 27.8. The molecule has 1 N–H and O–H groups in total. The van der Waals surface area contributed by atoms with Gasteiger partial charge >= 0.3 is 0 Å². The Morgan fingerprint density at radius 2 is 1.86 bits per heavy atom. The van der Waals surface area contributed by atoms with Gasteiger partial charge in [-0.2, -0.15) is 0 Å². The highest BCUT2D eigenvalue weighted by Gasteiger charge is 2.08. The second-order valence-corrected chi connectivity index (χ2v) is 4.57. The number of rotatable bonds is 3. The highest BCUT2D eigenvalue weighted by atomic mass is 19.1. The second kappa shape index (κ2) is 5.32. The molecule has 1 aromatic heterocycles. The van der Waals surface area contributed by atoms with Crippen molar-refractivity contribution in [2.75, 3.05) is 5.32 Å². The molecule has 2 aromatic carbocycles. The van der Waals surface area contributed by atoms with Gasteiger partial charge in [0.2, 0.25) is 5.91 Å². The van der Waals surface area contributed by atoms with E-state index in [-0.39, 0.29) is 18.1 Å². The number of nitrogens with zero attached hydrogens (tertiary/aromatic N) is 2. The Kier molecular flexibility index (Phi) is 3.35. The van der Waals surface area contributed by atoms with Crippen LogP contribution in [0.1, 0.15) is 0 Å². The van der Waals surface area contributed by atoms with E-state index in [4.69, 9.17) is 0 Å². The summed E-state index contributed by atoms with van der Waals surface area (Å²) in [6, 6.07) is 10.3. The summed E-state index contributed by atoms with van der Waals surface area (Å²) in [6.45, 7) is 0.0125. The van der Waals surface area contributed by atoms with Gasteiger partial charge in [0.25, 0.3) is 0 Å². The maximum atomic E-state index is 13.1. The normalized spacial score (nSPS) is 10.8. The predicted octanol–water partition coefficient (Wildman–Crippen LogP) is 2.95. The van der Waals surface area contributed by atoms with E-state index in [2.05, 4.69) is 10.3 Å². The molecule has 4 nitrogen and oxygen atoms in total. The van der Waals surface area contributed by atoms with Crippen molar-refractivity contribution in [2.45, 2.75) is 6.54 Å². The third-order valence-corrected chi connectivity index (χ3v) is 2.99. The van der Waals surface area contributed by atoms with Crippen LogP contribution in [0.2, 0.25) is 0 Å². The van der Waals surface area contributed by atoms with Crippen molar-refractivity contribution in [3.63, 3.8) is 0 Å². The van der Waals surface area contributed by atoms with Crippen LogP contribution in [0, 0.1) is 11.6 Å². The van der Waals surface area contributed by atoms with Gasteiger partial charge in [0, 0.05) is 11.8 Å². The van der Waals surface area contributed by atoms with Crippen LogP contribution in [-0.4, -0.2) is 15.5 Å². The molecule has 0 aliphatic heterocycles. The highest BCUT2D eigenvalue weighted by molar-refractivity contribution is 5.91. The number of halogens is 2. The Labute approximate surface area is 119 Å². The molecule has 0 aliphatic carbocycles. The van der Waals surface area contributed by atoms with E-state index in [0.29, 0.717) is 0 Å². The van der Waals surface area contributed by atoms with Gasteiger partial charge in [-0.3, -0.25) is 4.79 Å². The first-order valence-electron chi connectivity index (χ1n) is 6.27. The Morgan fingerprint density at radius 1 is 1.14 bits per heavy atom. The number of carbonyl (C=O) groups excluding carboxylic acids is 1. The lowest BCUT2D eigenvalue weighted by atomic mass is 10.3. The maximum absolute atomic E-state index is 13.1. The fourth-order valence-corrected chi connectivity index (χ4v) is 2.12. The summed E-state index contributed by atoms with van der Waals surface area (Å²) >= 11 is 0. The van der Waals surface area contributed by atoms with Crippen molar-refractivity contribution in [1.82, 2.24) is 9.55 Å². The SMILES string of the molecule is O=C(Cn1cnc2ccccc21)Nc1cc(F)cc(F)c1. The quantitative estimate of drug-likeness (QED) is 0.805. The first kappa shape index (κ1) is 13.2. The van der Waals surface area contributed by atoms with Crippen molar-refractivity contribution < 1.29 is 13.6 Å². The summed E-state index contributed by atoms with van der Waals surface area (Å²) in [7, 11) is 0. The molecule has 0 fully saturated rings. The Hall–Kier alpha value is -2.76. The Bertz CT molecular complexity index is 793. The fraction of sp³-hybridized carbons (Fsp3) is 0.0667. The number of imidazole rings is 1. The number of aromatic nitrogens is 2. The minimum atomic E-state index is -0.738. The molecule has 0 unspecified atom stereocenters. The average Bonchev–Trinajstić information content (AvgIpc) is 2.81. The van der Waals surface area contributed by atoms with Gasteiger partial charge in [0.05, 0.1) is 17.4 Å². The molecule has 0 atom stereocenters. The van der Waals surface area contributed by atoms with E-state index in [0.717, 1.165) is 29.2 Å². The smallest absolute Gasteiger partial charge is 0.244 e. The van der Waals surface area contributed by atoms with Crippen molar-refractivity contribution in [3.05, 3.63) is 60.4 Å². The minimum Gasteiger partial charge on any atom is -0.324 e. The van der Waals surface area contributed by atoms with Gasteiger partial charge in [-0.1, -0.05) is 12.1 Å². The number of hydrogen-bond donors (Lipinski definition) is 1. The Morgan fingerprint density at radius 3 is 2.62 bits per heavy atom. The minimum absolute atomic E-state index is 0.0125. The first-order valence-corrected chi connectivity index (χ1v) is 6.27. The zero-order valence-corrected chi connectivity index (χ0v) is 10.9. The molecule has 1 heterocycles. The largest absolute Gasteiger partial charge is 0.324 e. The molecule has 6 heteroatoms. The zero-order chi connectivity index (χ0) is 14.8. The number of amides is 1. The van der Waals surface area contributed by atoms with Gasteiger partial charge < -0.3 is 9.88 Å². The third-order valence-electron chi connectivity index (χ3n) is 2.99. The van der Waals surface area contributed by atoms with E-state index in [1.54, 1.807) is 10.9 Å². The van der Waals surface area contributed by atoms with E-state index < -0.39 is 11.6 Å². The standard InChI is InChI=1S/C15H11F2N3O/c16-10-5-11(17)7-12(6-10)19-15(21)8-20-9-18-13-3-1-2-4-14(13)20/h1-7,9H,8H2,(H,19,21). The van der Waals surface area contributed by atoms with E-state index in [1.807, 2.05) is 24.3 Å². The van der Waals surface area contributed by atoms with Gasteiger partial charge in [0.15, 0.2) is 0 Å². The van der Waals surface area contributed by atoms with Crippen molar-refractivity contribution in [1.29, 1.82) is 0 Å². The number of nitrogens with one attached hydrogen (secondary N) is 1. The lowest BCUT2D eigenvalue weighted by molar-refractivity contribution is -0.116. The molecule has 3 aromatic rings. The molecule has 3 rings (SSSR count). The van der Waals surface area contributed by atoms with Crippen LogP contribution in [0.25, 0.3) is 11.0 Å². The molecule has 0 bridgehead atoms. The van der Waals surface area contributed by atoms with Gasteiger partial charge in [-0.25, -0.2) is 13.8 Å². The molecule has 0 aliphatic rings. The molecule has 0 spiro atoms. The number of fused-ring (bicyclic) bond motifs is 1. The highest BCUT2D eigenvalue weighted by Crippen LogP contribution is 2.14. The fourth-order valence-electron chi connectivity index (χ4n) is 2.12. The third kappa shape index (κ3) is 2.89. The molecule has 106 valence electrons. The Balaban J connectivity index is 1.77. The number of carbonyl (C=O) groups is 1. The number of hydrogen-bond acceptors (Lipinski definition) is 2. The van der Waals surface area contributed by atoms with Gasteiger partial charge in [-0.15, -0.1) is 0 Å². The van der Waals surface area contributed by atoms with Crippen molar-refractivity contribution in [3.8, 4) is 0 Å². The van der Waals surface area contributed by atoms with Crippen molar-refractivity contribution in [2.24, 2.45) is 0 Å². The number of anilines is 1. The summed E-state index contributed by atoms with van der Waals surface area (Å²) in [6.07, 6.45) is 1.55. The molecular weight excluding hydrogens is 276 g/mol. The summed E-state index contributed by atoms with van der Waals surface area (Å²) in [5.41, 5.74) is 1.68. The zero-order valence-electron chi connectivity index (χ0n) is 10.9. The van der Waals surface area contributed by atoms with Crippen LogP contribution in [0.4, 0.5) is 14.5 Å².